The van der Waals surface area contributed by atoms with Crippen molar-refractivity contribution in [1.29, 1.82) is 0 Å². The van der Waals surface area contributed by atoms with Gasteiger partial charge in [-0.3, -0.25) is 0 Å². The van der Waals surface area contributed by atoms with E-state index in [-0.39, 0.29) is 6.61 Å². The molecule has 0 spiro atoms. The summed E-state index contributed by atoms with van der Waals surface area (Å²) >= 11 is 0. The maximum absolute atomic E-state index is 11.3. The molecule has 1 atom stereocenters. The molecule has 8 nitrogen and oxygen atoms in total. The standard InChI is InChI=1S/C14H27NO7/c1-11(12(16)17)21-10-9-20-8-7-19-6-5-15-13(18)22-14(2,3)4/h11H,5-10H2,1-4H3,(H,15,18)(H,16,17)/t11-/m0/s1. The van der Waals surface area contributed by atoms with Crippen molar-refractivity contribution < 1.29 is 33.6 Å². The lowest BCUT2D eigenvalue weighted by molar-refractivity contribution is -0.150. The number of carboxylic acids is 1. The Bertz CT molecular complexity index is 328. The minimum Gasteiger partial charge on any atom is -0.479 e. The zero-order valence-electron chi connectivity index (χ0n) is 13.7. The monoisotopic (exact) mass is 321 g/mol. The molecule has 0 aromatic carbocycles. The molecule has 130 valence electrons. The maximum atomic E-state index is 11.3. The van der Waals surface area contributed by atoms with Crippen molar-refractivity contribution in [2.45, 2.75) is 39.4 Å². The molecule has 0 bridgehead atoms. The number of alkyl carbamates (subject to hydrolysis) is 1. The first kappa shape index (κ1) is 20.6. The average molecular weight is 321 g/mol. The molecule has 0 aromatic heterocycles. The Morgan fingerprint density at radius 1 is 1.05 bits per heavy atom. The van der Waals surface area contributed by atoms with E-state index < -0.39 is 23.8 Å². The number of rotatable bonds is 11. The van der Waals surface area contributed by atoms with Crippen molar-refractivity contribution in [1.82, 2.24) is 5.32 Å². The van der Waals surface area contributed by atoms with E-state index in [1.165, 1.54) is 6.92 Å². The summed E-state index contributed by atoms with van der Waals surface area (Å²) in [5.41, 5.74) is -0.515. The third kappa shape index (κ3) is 13.6. The predicted molar refractivity (Wildman–Crippen MR) is 78.9 cm³/mol. The van der Waals surface area contributed by atoms with Crippen LogP contribution >= 0.6 is 0 Å². The fraction of sp³-hybridized carbons (Fsp3) is 0.857. The molecule has 0 aromatic rings. The number of ether oxygens (including phenoxy) is 4. The van der Waals surface area contributed by atoms with Gasteiger partial charge in [0.05, 0.1) is 33.0 Å². The second-order valence-electron chi connectivity index (χ2n) is 5.50. The molecule has 0 unspecified atom stereocenters. The topological polar surface area (TPSA) is 103 Å². The van der Waals surface area contributed by atoms with Gasteiger partial charge >= 0.3 is 12.1 Å². The maximum Gasteiger partial charge on any atom is 0.407 e. The van der Waals surface area contributed by atoms with Crippen molar-refractivity contribution >= 4 is 12.1 Å². The molecular formula is C14H27NO7. The van der Waals surface area contributed by atoms with Crippen LogP contribution in [0.2, 0.25) is 0 Å². The summed E-state index contributed by atoms with van der Waals surface area (Å²) in [4.78, 5) is 21.8. The Kier molecular flexibility index (Phi) is 10.5. The van der Waals surface area contributed by atoms with Crippen molar-refractivity contribution in [3.8, 4) is 0 Å². The van der Waals surface area contributed by atoms with Gasteiger partial charge in [0.2, 0.25) is 0 Å². The van der Waals surface area contributed by atoms with E-state index in [0.29, 0.717) is 33.0 Å². The number of aliphatic carboxylic acids is 1. The zero-order valence-corrected chi connectivity index (χ0v) is 13.7. The highest BCUT2D eigenvalue weighted by Crippen LogP contribution is 2.05. The van der Waals surface area contributed by atoms with E-state index >= 15 is 0 Å². The second kappa shape index (κ2) is 11.2. The highest BCUT2D eigenvalue weighted by Gasteiger charge is 2.15. The number of carbonyl (C=O) groups excluding carboxylic acids is 1. The van der Waals surface area contributed by atoms with Crippen molar-refractivity contribution in [2.75, 3.05) is 39.6 Å². The molecule has 0 aliphatic rings. The molecule has 0 heterocycles. The van der Waals surface area contributed by atoms with Crippen LogP contribution in [0.5, 0.6) is 0 Å². The van der Waals surface area contributed by atoms with Crippen LogP contribution < -0.4 is 5.32 Å². The highest BCUT2D eigenvalue weighted by atomic mass is 16.6. The van der Waals surface area contributed by atoms with Gasteiger partial charge in [0.1, 0.15) is 5.60 Å². The van der Waals surface area contributed by atoms with E-state index in [9.17, 15) is 9.59 Å². The fourth-order valence-electron chi connectivity index (χ4n) is 1.22. The normalized spacial score (nSPS) is 12.7. The van der Waals surface area contributed by atoms with Crippen LogP contribution in [0.4, 0.5) is 4.79 Å². The van der Waals surface area contributed by atoms with Crippen LogP contribution in [-0.2, 0) is 23.7 Å². The molecule has 0 aliphatic heterocycles. The van der Waals surface area contributed by atoms with Crippen LogP contribution in [-0.4, -0.2) is 68.5 Å². The highest BCUT2D eigenvalue weighted by molar-refractivity contribution is 5.71. The zero-order chi connectivity index (χ0) is 17.0. The number of hydrogen-bond donors (Lipinski definition) is 2. The van der Waals surface area contributed by atoms with Crippen LogP contribution in [0.15, 0.2) is 0 Å². The molecule has 0 aliphatic carbocycles. The molecule has 0 saturated carbocycles. The molecule has 8 heteroatoms. The minimum atomic E-state index is -0.999. The van der Waals surface area contributed by atoms with E-state index in [2.05, 4.69) is 5.32 Å². The molecule has 0 rings (SSSR count). The van der Waals surface area contributed by atoms with Crippen LogP contribution in [0, 0.1) is 0 Å². The third-order valence-corrected chi connectivity index (χ3v) is 2.23. The van der Waals surface area contributed by atoms with E-state index in [0.717, 1.165) is 0 Å². The number of nitrogens with one attached hydrogen (secondary N) is 1. The predicted octanol–water partition coefficient (Wildman–Crippen LogP) is 1.03. The lowest BCUT2D eigenvalue weighted by atomic mass is 10.2. The first-order chi connectivity index (χ1) is 10.2. The quantitative estimate of drug-likeness (QED) is 0.548. The number of hydrogen-bond acceptors (Lipinski definition) is 6. The van der Waals surface area contributed by atoms with Crippen molar-refractivity contribution in [3.63, 3.8) is 0 Å². The van der Waals surface area contributed by atoms with Gasteiger partial charge in [-0.1, -0.05) is 0 Å². The Balaban J connectivity index is 3.31. The van der Waals surface area contributed by atoms with Crippen LogP contribution in [0.3, 0.4) is 0 Å². The Morgan fingerprint density at radius 2 is 1.59 bits per heavy atom. The first-order valence-corrected chi connectivity index (χ1v) is 7.19. The summed E-state index contributed by atoms with van der Waals surface area (Å²) in [5, 5.41) is 11.2. The minimum absolute atomic E-state index is 0.216. The average Bonchev–Trinajstić information content (AvgIpc) is 2.38. The number of carboxylic acid groups (broad SMARTS) is 1. The van der Waals surface area contributed by atoms with Crippen molar-refractivity contribution in [3.05, 3.63) is 0 Å². The molecule has 1 amide bonds. The Labute approximate surface area is 131 Å². The third-order valence-electron chi connectivity index (χ3n) is 2.23. The van der Waals surface area contributed by atoms with Gasteiger partial charge in [-0.05, 0) is 27.7 Å². The molecule has 22 heavy (non-hydrogen) atoms. The lowest BCUT2D eigenvalue weighted by Crippen LogP contribution is -2.34. The number of carbonyl (C=O) groups is 2. The second-order valence-corrected chi connectivity index (χ2v) is 5.50. The Hall–Kier alpha value is -1.38. The van der Waals surface area contributed by atoms with Crippen LogP contribution in [0.1, 0.15) is 27.7 Å². The SMILES string of the molecule is C[C@H](OCCOCCOCCNC(=O)OC(C)(C)C)C(=O)O. The smallest absolute Gasteiger partial charge is 0.407 e. The summed E-state index contributed by atoms with van der Waals surface area (Å²) in [6.07, 6.45) is -1.31. The molecule has 2 N–H and O–H groups in total. The van der Waals surface area contributed by atoms with Gasteiger partial charge < -0.3 is 29.4 Å². The van der Waals surface area contributed by atoms with Crippen molar-refractivity contribution in [2.24, 2.45) is 0 Å². The summed E-state index contributed by atoms with van der Waals surface area (Å²) in [6, 6.07) is 0. The number of amides is 1. The summed E-state index contributed by atoms with van der Waals surface area (Å²) in [7, 11) is 0. The lowest BCUT2D eigenvalue weighted by Gasteiger charge is -2.19. The fourth-order valence-corrected chi connectivity index (χ4v) is 1.22. The Morgan fingerprint density at radius 3 is 2.14 bits per heavy atom. The van der Waals surface area contributed by atoms with Crippen LogP contribution in [0.25, 0.3) is 0 Å². The van der Waals surface area contributed by atoms with E-state index in [1.807, 2.05) is 0 Å². The molecular weight excluding hydrogens is 294 g/mol. The molecule has 0 fully saturated rings. The van der Waals surface area contributed by atoms with Gasteiger partial charge in [0.15, 0.2) is 6.10 Å². The van der Waals surface area contributed by atoms with E-state index in [1.54, 1.807) is 20.8 Å². The van der Waals surface area contributed by atoms with E-state index in [4.69, 9.17) is 24.1 Å². The van der Waals surface area contributed by atoms with Gasteiger partial charge in [-0.15, -0.1) is 0 Å². The molecule has 0 saturated heterocycles. The first-order valence-electron chi connectivity index (χ1n) is 7.19. The summed E-state index contributed by atoms with van der Waals surface area (Å²) in [6.45, 7) is 8.82. The van der Waals surface area contributed by atoms with Gasteiger partial charge in [-0.2, -0.15) is 0 Å². The molecule has 0 radical (unpaired) electrons. The summed E-state index contributed by atoms with van der Waals surface area (Å²) < 4.78 is 20.5. The largest absolute Gasteiger partial charge is 0.479 e. The van der Waals surface area contributed by atoms with Gasteiger partial charge in [0, 0.05) is 6.54 Å². The summed E-state index contributed by atoms with van der Waals surface area (Å²) in [5.74, 6) is -0.999. The van der Waals surface area contributed by atoms with Gasteiger partial charge in [0.25, 0.3) is 0 Å². The van der Waals surface area contributed by atoms with Gasteiger partial charge in [-0.25, -0.2) is 9.59 Å².